The Labute approximate surface area is 71.3 Å². The number of halogens is 5. The van der Waals surface area contributed by atoms with Gasteiger partial charge in [-0.3, -0.25) is 0 Å². The number of ether oxygens (including phenoxy) is 1. The summed E-state index contributed by atoms with van der Waals surface area (Å²) in [5, 5.41) is 8.68. The molecule has 79 valence electrons. The molecule has 0 heterocycles. The SMILES string of the molecule is CC(C)(O)C(F)(F)O[CH]C(F)(F)F. The minimum Gasteiger partial charge on any atom is -0.381 e. The third-order valence-electron chi connectivity index (χ3n) is 1.05. The zero-order chi connectivity index (χ0) is 10.9. The van der Waals surface area contributed by atoms with Crippen molar-refractivity contribution in [1.82, 2.24) is 0 Å². The Morgan fingerprint density at radius 3 is 1.69 bits per heavy atom. The molecule has 1 N–H and O–H groups in total. The second kappa shape index (κ2) is 3.38. The lowest BCUT2D eigenvalue weighted by molar-refractivity contribution is -0.324. The van der Waals surface area contributed by atoms with Crippen molar-refractivity contribution in [3.8, 4) is 0 Å². The van der Waals surface area contributed by atoms with Crippen LogP contribution in [0, 0.1) is 6.61 Å². The standard InChI is InChI=1S/C6H8F5O2/c1-4(2,12)6(10,11)13-3-5(7,8)9/h3,12H,1-2H3. The van der Waals surface area contributed by atoms with Gasteiger partial charge in [0.15, 0.2) is 6.61 Å². The molecule has 0 fully saturated rings. The molecule has 1 radical (unpaired) electrons. The monoisotopic (exact) mass is 207 g/mol. The molecule has 0 atom stereocenters. The van der Waals surface area contributed by atoms with Crippen LogP contribution in [0.5, 0.6) is 0 Å². The molecule has 2 nitrogen and oxygen atoms in total. The Morgan fingerprint density at radius 1 is 1.08 bits per heavy atom. The van der Waals surface area contributed by atoms with E-state index in [0.29, 0.717) is 13.8 Å². The van der Waals surface area contributed by atoms with Gasteiger partial charge in [0.1, 0.15) is 5.60 Å². The third kappa shape index (κ3) is 4.37. The van der Waals surface area contributed by atoms with E-state index in [2.05, 4.69) is 4.74 Å². The Balaban J connectivity index is 4.21. The molecule has 0 bridgehead atoms. The van der Waals surface area contributed by atoms with Crippen LogP contribution in [-0.4, -0.2) is 23.0 Å². The molecule has 0 saturated carbocycles. The van der Waals surface area contributed by atoms with Crippen molar-refractivity contribution < 1.29 is 31.8 Å². The van der Waals surface area contributed by atoms with Crippen molar-refractivity contribution in [2.45, 2.75) is 31.7 Å². The Kier molecular flexibility index (Phi) is 3.26. The van der Waals surface area contributed by atoms with Gasteiger partial charge in [-0.15, -0.1) is 0 Å². The molecular weight excluding hydrogens is 199 g/mol. The van der Waals surface area contributed by atoms with Crippen LogP contribution in [0.4, 0.5) is 22.0 Å². The highest BCUT2D eigenvalue weighted by Crippen LogP contribution is 2.33. The van der Waals surface area contributed by atoms with E-state index in [1.165, 1.54) is 0 Å². The predicted molar refractivity (Wildman–Crippen MR) is 32.7 cm³/mol. The van der Waals surface area contributed by atoms with Crippen molar-refractivity contribution in [2.75, 3.05) is 0 Å². The van der Waals surface area contributed by atoms with Gasteiger partial charge in [0.25, 0.3) is 0 Å². The van der Waals surface area contributed by atoms with Crippen molar-refractivity contribution >= 4 is 0 Å². The first-order valence-corrected chi connectivity index (χ1v) is 3.15. The minimum absolute atomic E-state index is 0.636. The molecule has 0 aliphatic carbocycles. The number of hydrogen-bond acceptors (Lipinski definition) is 2. The fourth-order valence-electron chi connectivity index (χ4n) is 0.285. The highest BCUT2D eigenvalue weighted by atomic mass is 19.4. The molecular formula is C6H8F5O2. The molecule has 0 aromatic heterocycles. The van der Waals surface area contributed by atoms with E-state index in [0.717, 1.165) is 0 Å². The van der Waals surface area contributed by atoms with Gasteiger partial charge in [0.05, 0.1) is 0 Å². The van der Waals surface area contributed by atoms with E-state index >= 15 is 0 Å². The summed E-state index contributed by atoms with van der Waals surface area (Å²) in [7, 11) is 0. The normalized spacial score (nSPS) is 14.8. The Morgan fingerprint density at radius 2 is 1.46 bits per heavy atom. The summed E-state index contributed by atoms with van der Waals surface area (Å²) in [5.41, 5.74) is -2.67. The zero-order valence-corrected chi connectivity index (χ0v) is 6.82. The number of hydrogen-bond donors (Lipinski definition) is 1. The zero-order valence-electron chi connectivity index (χ0n) is 6.82. The first-order valence-electron chi connectivity index (χ1n) is 3.15. The summed E-state index contributed by atoms with van der Waals surface area (Å²) in [6, 6.07) is 0. The maximum absolute atomic E-state index is 12.5. The average molecular weight is 207 g/mol. The van der Waals surface area contributed by atoms with E-state index in [9.17, 15) is 22.0 Å². The number of aliphatic hydroxyl groups is 1. The molecule has 0 aromatic carbocycles. The third-order valence-corrected chi connectivity index (χ3v) is 1.05. The largest absolute Gasteiger partial charge is 0.417 e. The van der Waals surface area contributed by atoms with Crippen LogP contribution in [0.25, 0.3) is 0 Å². The lowest BCUT2D eigenvalue weighted by Gasteiger charge is -2.28. The molecule has 13 heavy (non-hydrogen) atoms. The molecule has 0 unspecified atom stereocenters. The fourth-order valence-corrected chi connectivity index (χ4v) is 0.285. The van der Waals surface area contributed by atoms with E-state index in [-0.39, 0.29) is 0 Å². The molecule has 0 spiro atoms. The summed E-state index contributed by atoms with van der Waals surface area (Å²) in [6.45, 7) is 0.305. The highest BCUT2D eigenvalue weighted by Gasteiger charge is 2.49. The van der Waals surface area contributed by atoms with Gasteiger partial charge in [-0.05, 0) is 13.8 Å². The molecule has 7 heteroatoms. The molecule has 0 rings (SSSR count). The topological polar surface area (TPSA) is 29.5 Å². The van der Waals surface area contributed by atoms with Crippen LogP contribution in [0.15, 0.2) is 0 Å². The van der Waals surface area contributed by atoms with Gasteiger partial charge in [0.2, 0.25) is 0 Å². The molecule has 0 amide bonds. The molecule has 0 aromatic rings. The lowest BCUT2D eigenvalue weighted by Crippen LogP contribution is -2.45. The van der Waals surface area contributed by atoms with Crippen LogP contribution < -0.4 is 0 Å². The first-order chi connectivity index (χ1) is 5.46. The molecule has 0 aliphatic heterocycles. The first kappa shape index (κ1) is 12.6. The smallest absolute Gasteiger partial charge is 0.381 e. The highest BCUT2D eigenvalue weighted by molar-refractivity contribution is 4.79. The van der Waals surface area contributed by atoms with Crippen molar-refractivity contribution in [2.24, 2.45) is 0 Å². The summed E-state index contributed by atoms with van der Waals surface area (Å²) in [5.74, 6) is 0. The van der Waals surface area contributed by atoms with Gasteiger partial charge in [-0.2, -0.15) is 22.0 Å². The van der Waals surface area contributed by atoms with Gasteiger partial charge in [-0.1, -0.05) is 0 Å². The summed E-state index contributed by atoms with van der Waals surface area (Å²) < 4.78 is 62.2. The predicted octanol–water partition coefficient (Wildman–Crippen LogP) is 2.09. The second-order valence-electron chi connectivity index (χ2n) is 2.85. The molecule has 0 aliphatic rings. The summed E-state index contributed by atoms with van der Waals surface area (Å²) in [6.07, 6.45) is -9.24. The van der Waals surface area contributed by atoms with Crippen LogP contribution in [0.3, 0.4) is 0 Å². The van der Waals surface area contributed by atoms with Crippen LogP contribution >= 0.6 is 0 Å². The van der Waals surface area contributed by atoms with Gasteiger partial charge < -0.3 is 9.84 Å². The number of alkyl halides is 5. The second-order valence-corrected chi connectivity index (χ2v) is 2.85. The van der Waals surface area contributed by atoms with Crippen LogP contribution in [-0.2, 0) is 4.74 Å². The maximum Gasteiger partial charge on any atom is 0.417 e. The molecule has 0 saturated heterocycles. The average Bonchev–Trinajstić information content (AvgIpc) is 1.79. The maximum atomic E-state index is 12.5. The van der Waals surface area contributed by atoms with Crippen LogP contribution in [0.2, 0.25) is 0 Å². The quantitative estimate of drug-likeness (QED) is 0.718. The van der Waals surface area contributed by atoms with Gasteiger partial charge in [0, 0.05) is 0 Å². The number of rotatable bonds is 3. The van der Waals surface area contributed by atoms with E-state index in [1.54, 1.807) is 0 Å². The summed E-state index contributed by atoms with van der Waals surface area (Å²) >= 11 is 0. The fraction of sp³-hybridized carbons (Fsp3) is 0.833. The van der Waals surface area contributed by atoms with Crippen LogP contribution in [0.1, 0.15) is 13.8 Å². The van der Waals surface area contributed by atoms with Crippen molar-refractivity contribution in [3.05, 3.63) is 6.61 Å². The Hall–Kier alpha value is -0.430. The van der Waals surface area contributed by atoms with Gasteiger partial charge in [-0.25, -0.2) is 0 Å². The Bertz CT molecular complexity index is 169. The minimum atomic E-state index is -4.96. The lowest BCUT2D eigenvalue weighted by atomic mass is 10.1. The van der Waals surface area contributed by atoms with E-state index in [4.69, 9.17) is 5.11 Å². The van der Waals surface area contributed by atoms with E-state index in [1.807, 2.05) is 0 Å². The van der Waals surface area contributed by atoms with E-state index < -0.39 is 24.5 Å². The van der Waals surface area contributed by atoms with Gasteiger partial charge >= 0.3 is 12.3 Å². The van der Waals surface area contributed by atoms with Crippen molar-refractivity contribution in [3.63, 3.8) is 0 Å². The summed E-state index contributed by atoms with van der Waals surface area (Å²) in [4.78, 5) is 0. The van der Waals surface area contributed by atoms with Crippen molar-refractivity contribution in [1.29, 1.82) is 0 Å².